The summed E-state index contributed by atoms with van der Waals surface area (Å²) in [4.78, 5) is 38.3. The largest absolute Gasteiger partial charge is 0.466 e. The second-order valence-electron chi connectivity index (χ2n) is 6.83. The van der Waals surface area contributed by atoms with Gasteiger partial charge in [-0.15, -0.1) is 0 Å². The number of aryl methyl sites for hydroxylation is 1. The van der Waals surface area contributed by atoms with Gasteiger partial charge in [-0.25, -0.2) is 4.79 Å². The Morgan fingerprint density at radius 1 is 1.07 bits per heavy atom. The molecule has 1 aliphatic rings. The zero-order chi connectivity index (χ0) is 20.1. The zero-order valence-electron chi connectivity index (χ0n) is 16.3. The summed E-state index contributed by atoms with van der Waals surface area (Å²) in [6, 6.07) is 7.62. The average Bonchev–Trinajstić information content (AvgIpc) is 3.11. The number of nitrogens with zero attached hydrogens (tertiary/aromatic N) is 2. The molecule has 0 unspecified atom stereocenters. The molecule has 28 heavy (non-hydrogen) atoms. The highest BCUT2D eigenvalue weighted by atomic mass is 16.5. The molecule has 150 valence electrons. The maximum absolute atomic E-state index is 12.5. The van der Waals surface area contributed by atoms with Crippen LogP contribution >= 0.6 is 0 Å². The number of amides is 1. The third-order valence-electron chi connectivity index (χ3n) is 5.14. The van der Waals surface area contributed by atoms with Crippen molar-refractivity contribution in [2.45, 2.75) is 33.2 Å². The predicted octanol–water partition coefficient (Wildman–Crippen LogP) is 2.62. The van der Waals surface area contributed by atoms with Crippen LogP contribution in [0, 0.1) is 5.92 Å². The number of fused-ring (bicyclic) bond motifs is 1. The standard InChI is InChI=1S/C21H26N2O5/c1-3-22-13-17(16-7-5-6-8-18(16)22)21(26)28-14-19(24)23-11-9-15(10-12-23)20(25)27-4-2/h5-8,13,15H,3-4,9-12,14H2,1-2H3. The molecule has 0 aliphatic carbocycles. The van der Waals surface area contributed by atoms with Gasteiger partial charge in [0.15, 0.2) is 6.61 Å². The monoisotopic (exact) mass is 386 g/mol. The number of piperidine rings is 1. The van der Waals surface area contributed by atoms with Crippen LogP contribution in [-0.4, -0.2) is 53.6 Å². The molecule has 0 N–H and O–H groups in total. The van der Waals surface area contributed by atoms with Gasteiger partial charge in [-0.3, -0.25) is 9.59 Å². The number of carbonyl (C=O) groups excluding carboxylic acids is 3. The van der Waals surface area contributed by atoms with Gasteiger partial charge < -0.3 is 18.9 Å². The highest BCUT2D eigenvalue weighted by molar-refractivity contribution is 6.04. The van der Waals surface area contributed by atoms with Crippen molar-refractivity contribution in [3.63, 3.8) is 0 Å². The molecule has 7 heteroatoms. The molecule has 0 spiro atoms. The summed E-state index contributed by atoms with van der Waals surface area (Å²) in [5, 5.41) is 0.817. The first kappa shape index (κ1) is 19.9. The average molecular weight is 386 g/mol. The number of hydrogen-bond acceptors (Lipinski definition) is 5. The SMILES string of the molecule is CCOC(=O)C1CCN(C(=O)COC(=O)c2cn(CC)c3ccccc23)CC1. The van der Waals surface area contributed by atoms with Crippen molar-refractivity contribution in [2.24, 2.45) is 5.92 Å². The molecule has 1 aliphatic heterocycles. The molecule has 1 amide bonds. The molecule has 2 heterocycles. The molecule has 1 aromatic carbocycles. The van der Waals surface area contributed by atoms with Crippen molar-refractivity contribution in [3.8, 4) is 0 Å². The van der Waals surface area contributed by atoms with Crippen LogP contribution in [0.4, 0.5) is 0 Å². The predicted molar refractivity (Wildman–Crippen MR) is 104 cm³/mol. The number of aromatic nitrogens is 1. The Morgan fingerprint density at radius 2 is 1.79 bits per heavy atom. The number of carbonyl (C=O) groups is 3. The van der Waals surface area contributed by atoms with E-state index < -0.39 is 5.97 Å². The smallest absolute Gasteiger partial charge is 0.340 e. The number of likely N-dealkylation sites (tertiary alicyclic amines) is 1. The van der Waals surface area contributed by atoms with E-state index >= 15 is 0 Å². The van der Waals surface area contributed by atoms with Crippen LogP contribution in [0.1, 0.15) is 37.0 Å². The first-order chi connectivity index (χ1) is 13.5. The number of para-hydroxylation sites is 1. The minimum absolute atomic E-state index is 0.160. The quantitative estimate of drug-likeness (QED) is 0.713. The van der Waals surface area contributed by atoms with Gasteiger partial charge in [-0.2, -0.15) is 0 Å². The van der Waals surface area contributed by atoms with E-state index in [2.05, 4.69) is 0 Å². The van der Waals surface area contributed by atoms with Crippen LogP contribution in [0.5, 0.6) is 0 Å². The highest BCUT2D eigenvalue weighted by Gasteiger charge is 2.28. The Hall–Kier alpha value is -2.83. The van der Waals surface area contributed by atoms with Gasteiger partial charge in [0, 0.05) is 36.7 Å². The Balaban J connectivity index is 1.56. The van der Waals surface area contributed by atoms with Crippen molar-refractivity contribution in [3.05, 3.63) is 36.0 Å². The van der Waals surface area contributed by atoms with E-state index in [1.54, 1.807) is 18.0 Å². The van der Waals surface area contributed by atoms with E-state index in [4.69, 9.17) is 9.47 Å². The molecule has 2 aromatic rings. The molecule has 0 radical (unpaired) electrons. The molecule has 0 saturated carbocycles. The topological polar surface area (TPSA) is 77.8 Å². The van der Waals surface area contributed by atoms with E-state index in [9.17, 15) is 14.4 Å². The van der Waals surface area contributed by atoms with Crippen molar-refractivity contribution in [1.82, 2.24) is 9.47 Å². The maximum atomic E-state index is 12.5. The molecule has 7 nitrogen and oxygen atoms in total. The second-order valence-corrected chi connectivity index (χ2v) is 6.83. The van der Waals surface area contributed by atoms with E-state index in [0.717, 1.165) is 17.4 Å². The first-order valence-electron chi connectivity index (χ1n) is 9.74. The lowest BCUT2D eigenvalue weighted by molar-refractivity contribution is -0.151. The molecule has 1 aromatic heterocycles. The van der Waals surface area contributed by atoms with Crippen LogP contribution in [0.15, 0.2) is 30.5 Å². The molecule has 3 rings (SSSR count). The number of benzene rings is 1. The fraction of sp³-hybridized carbons (Fsp3) is 0.476. The summed E-state index contributed by atoms with van der Waals surface area (Å²) in [6.45, 7) is 5.52. The number of ether oxygens (including phenoxy) is 2. The third-order valence-corrected chi connectivity index (χ3v) is 5.14. The van der Waals surface area contributed by atoms with Gasteiger partial charge in [-0.05, 0) is 32.8 Å². The highest BCUT2D eigenvalue weighted by Crippen LogP contribution is 2.22. The molecular weight excluding hydrogens is 360 g/mol. The van der Waals surface area contributed by atoms with Crippen molar-refractivity contribution in [1.29, 1.82) is 0 Å². The Bertz CT molecular complexity index is 865. The van der Waals surface area contributed by atoms with Crippen molar-refractivity contribution in [2.75, 3.05) is 26.3 Å². The van der Waals surface area contributed by atoms with Crippen LogP contribution in [0.2, 0.25) is 0 Å². The molecule has 0 atom stereocenters. The lowest BCUT2D eigenvalue weighted by Crippen LogP contribution is -2.42. The summed E-state index contributed by atoms with van der Waals surface area (Å²) in [6.07, 6.45) is 2.91. The van der Waals surface area contributed by atoms with E-state index in [1.807, 2.05) is 35.8 Å². The van der Waals surface area contributed by atoms with Gasteiger partial charge in [0.2, 0.25) is 0 Å². The Labute approximate surface area is 164 Å². The van der Waals surface area contributed by atoms with Crippen LogP contribution in [0.3, 0.4) is 0 Å². The van der Waals surface area contributed by atoms with E-state index in [1.165, 1.54) is 0 Å². The zero-order valence-corrected chi connectivity index (χ0v) is 16.3. The van der Waals surface area contributed by atoms with Crippen LogP contribution in [-0.2, 0) is 25.6 Å². The van der Waals surface area contributed by atoms with Crippen molar-refractivity contribution >= 4 is 28.7 Å². The fourth-order valence-corrected chi connectivity index (χ4v) is 3.59. The lowest BCUT2D eigenvalue weighted by atomic mass is 9.97. The molecule has 1 fully saturated rings. The number of esters is 2. The van der Waals surface area contributed by atoms with Crippen LogP contribution in [0.25, 0.3) is 10.9 Å². The third kappa shape index (κ3) is 4.18. The minimum atomic E-state index is -0.502. The van der Waals surface area contributed by atoms with Gasteiger partial charge in [0.25, 0.3) is 5.91 Å². The maximum Gasteiger partial charge on any atom is 0.340 e. The fourth-order valence-electron chi connectivity index (χ4n) is 3.59. The summed E-state index contributed by atoms with van der Waals surface area (Å²) in [7, 11) is 0. The first-order valence-corrected chi connectivity index (χ1v) is 9.74. The van der Waals surface area contributed by atoms with E-state index in [-0.39, 0.29) is 24.4 Å². The summed E-state index contributed by atoms with van der Waals surface area (Å²) in [5.41, 5.74) is 1.43. The number of rotatable bonds is 6. The van der Waals surface area contributed by atoms with Gasteiger partial charge in [-0.1, -0.05) is 18.2 Å². The van der Waals surface area contributed by atoms with Gasteiger partial charge >= 0.3 is 11.9 Å². The molecule has 0 bridgehead atoms. The van der Waals surface area contributed by atoms with Crippen molar-refractivity contribution < 1.29 is 23.9 Å². The van der Waals surface area contributed by atoms with E-state index in [0.29, 0.717) is 38.1 Å². The van der Waals surface area contributed by atoms with Crippen LogP contribution < -0.4 is 0 Å². The Kier molecular flexibility index (Phi) is 6.34. The summed E-state index contributed by atoms with van der Waals surface area (Å²) < 4.78 is 12.3. The normalized spacial score (nSPS) is 14.9. The summed E-state index contributed by atoms with van der Waals surface area (Å²) >= 11 is 0. The molecule has 1 saturated heterocycles. The molecular formula is C21H26N2O5. The van der Waals surface area contributed by atoms with Gasteiger partial charge in [0.05, 0.1) is 18.1 Å². The second kappa shape index (κ2) is 8.91. The summed E-state index contributed by atoms with van der Waals surface area (Å²) in [5.74, 6) is -1.10. The number of hydrogen-bond donors (Lipinski definition) is 0. The van der Waals surface area contributed by atoms with Gasteiger partial charge in [0.1, 0.15) is 0 Å². The lowest BCUT2D eigenvalue weighted by Gasteiger charge is -2.30. The minimum Gasteiger partial charge on any atom is -0.466 e. The Morgan fingerprint density at radius 3 is 2.46 bits per heavy atom.